The van der Waals surface area contributed by atoms with Crippen LogP contribution in [0.1, 0.15) is 5.56 Å². The van der Waals surface area contributed by atoms with Gasteiger partial charge in [-0.15, -0.1) is 10.2 Å². The zero-order valence-electron chi connectivity index (χ0n) is 17.4. The molecule has 0 aliphatic heterocycles. The zero-order valence-corrected chi connectivity index (χ0v) is 19.1. The summed E-state index contributed by atoms with van der Waals surface area (Å²) in [5, 5.41) is 13.0. The monoisotopic (exact) mass is 492 g/mol. The maximum atomic E-state index is 13.6. The molecule has 2 amide bonds. The summed E-state index contributed by atoms with van der Waals surface area (Å²) in [6.45, 7) is 0. The van der Waals surface area contributed by atoms with Crippen molar-refractivity contribution in [2.45, 2.75) is 4.34 Å². The fraction of sp³-hybridized carbons (Fsp3) is 0.143. The Labute approximate surface area is 196 Å². The molecular weight excluding hydrogens is 474 g/mol. The Morgan fingerprint density at radius 3 is 2.58 bits per heavy atom. The molecule has 3 aromatic rings. The summed E-state index contributed by atoms with van der Waals surface area (Å²) in [7, 11) is 3.06. The number of ether oxygens (including phenoxy) is 2. The highest BCUT2D eigenvalue weighted by Crippen LogP contribution is 2.28. The molecular formula is C21H18F2N4O4S2. The minimum Gasteiger partial charge on any atom is -0.493 e. The van der Waals surface area contributed by atoms with E-state index in [2.05, 4.69) is 20.8 Å². The molecule has 0 radical (unpaired) electrons. The van der Waals surface area contributed by atoms with E-state index in [0.717, 1.165) is 40.8 Å². The molecule has 8 nitrogen and oxygen atoms in total. The van der Waals surface area contributed by atoms with E-state index in [0.29, 0.717) is 21.9 Å². The third kappa shape index (κ3) is 6.99. The van der Waals surface area contributed by atoms with Crippen molar-refractivity contribution < 1.29 is 27.8 Å². The van der Waals surface area contributed by atoms with Gasteiger partial charge in [0.05, 0.1) is 25.7 Å². The number of anilines is 2. The number of carbonyl (C=O) groups is 2. The molecule has 0 atom stereocenters. The summed E-state index contributed by atoms with van der Waals surface area (Å²) in [6, 6.07) is 8.10. The largest absolute Gasteiger partial charge is 0.493 e. The van der Waals surface area contributed by atoms with Gasteiger partial charge in [0, 0.05) is 12.1 Å². The first-order chi connectivity index (χ1) is 15.9. The summed E-state index contributed by atoms with van der Waals surface area (Å²) >= 11 is 2.15. The van der Waals surface area contributed by atoms with Crippen molar-refractivity contribution in [3.8, 4) is 11.5 Å². The lowest BCUT2D eigenvalue weighted by Gasteiger charge is -2.07. The number of carbonyl (C=O) groups excluding carboxylic acids is 2. The molecule has 0 unspecified atom stereocenters. The third-order valence-electron chi connectivity index (χ3n) is 4.00. The van der Waals surface area contributed by atoms with E-state index in [1.807, 2.05) is 0 Å². The SMILES string of the molecule is COc1ccc(/C=C/C(=O)Nc2nnc(SCC(=O)Nc3ccc(F)cc3F)s2)cc1OC. The smallest absolute Gasteiger partial charge is 0.250 e. The van der Waals surface area contributed by atoms with Gasteiger partial charge in [0.2, 0.25) is 16.9 Å². The summed E-state index contributed by atoms with van der Waals surface area (Å²) in [5.74, 6) is -1.46. The normalized spacial score (nSPS) is 10.8. The minimum absolute atomic E-state index is 0.0708. The number of nitrogens with one attached hydrogen (secondary N) is 2. The van der Waals surface area contributed by atoms with Crippen LogP contribution < -0.4 is 20.1 Å². The molecule has 2 N–H and O–H groups in total. The van der Waals surface area contributed by atoms with Crippen molar-refractivity contribution in [3.05, 3.63) is 59.7 Å². The number of aromatic nitrogens is 2. The Morgan fingerprint density at radius 2 is 1.85 bits per heavy atom. The lowest BCUT2D eigenvalue weighted by molar-refractivity contribution is -0.114. The van der Waals surface area contributed by atoms with E-state index in [1.54, 1.807) is 24.3 Å². The Morgan fingerprint density at radius 1 is 1.06 bits per heavy atom. The number of halogens is 2. The molecule has 12 heteroatoms. The topological polar surface area (TPSA) is 102 Å². The number of hydrogen-bond donors (Lipinski definition) is 2. The fourth-order valence-electron chi connectivity index (χ4n) is 2.50. The second-order valence-corrected chi connectivity index (χ2v) is 8.47. The predicted molar refractivity (Wildman–Crippen MR) is 123 cm³/mol. The summed E-state index contributed by atoms with van der Waals surface area (Å²) < 4.78 is 37.4. The lowest BCUT2D eigenvalue weighted by atomic mass is 10.2. The molecule has 0 saturated heterocycles. The van der Waals surface area contributed by atoms with Crippen LogP contribution in [0.5, 0.6) is 11.5 Å². The summed E-state index contributed by atoms with van der Waals surface area (Å²) in [4.78, 5) is 24.1. The highest BCUT2D eigenvalue weighted by atomic mass is 32.2. The first-order valence-electron chi connectivity index (χ1n) is 9.30. The second kappa shape index (κ2) is 11.4. The molecule has 1 heterocycles. The van der Waals surface area contributed by atoms with Crippen molar-refractivity contribution in [2.75, 3.05) is 30.6 Å². The number of nitrogens with zero attached hydrogens (tertiary/aromatic N) is 2. The average molecular weight is 493 g/mol. The summed E-state index contributed by atoms with van der Waals surface area (Å²) in [5.41, 5.74) is 0.619. The standard InChI is InChI=1S/C21H18F2N4O4S2/c1-30-16-7-3-12(9-17(16)31-2)4-8-18(28)25-20-26-27-21(33-20)32-11-19(29)24-15-6-5-13(22)10-14(15)23/h3-10H,11H2,1-2H3,(H,24,29)(H,25,26,28)/b8-4+. The van der Waals surface area contributed by atoms with E-state index in [9.17, 15) is 18.4 Å². The van der Waals surface area contributed by atoms with Gasteiger partial charge in [-0.1, -0.05) is 29.2 Å². The van der Waals surface area contributed by atoms with Crippen molar-refractivity contribution in [1.29, 1.82) is 0 Å². The van der Waals surface area contributed by atoms with Crippen molar-refractivity contribution in [1.82, 2.24) is 10.2 Å². The van der Waals surface area contributed by atoms with Crippen LogP contribution in [0.15, 0.2) is 46.8 Å². The van der Waals surface area contributed by atoms with Gasteiger partial charge in [0.15, 0.2) is 15.8 Å². The quantitative estimate of drug-likeness (QED) is 0.262. The molecule has 33 heavy (non-hydrogen) atoms. The van der Waals surface area contributed by atoms with Gasteiger partial charge < -0.3 is 14.8 Å². The fourth-order valence-corrected chi connectivity index (χ4v) is 4.05. The Balaban J connectivity index is 1.50. The van der Waals surface area contributed by atoms with Crippen molar-refractivity contribution >= 4 is 51.8 Å². The third-order valence-corrected chi connectivity index (χ3v) is 5.98. The molecule has 172 valence electrons. The molecule has 0 spiro atoms. The highest BCUT2D eigenvalue weighted by Gasteiger charge is 2.12. The number of methoxy groups -OCH3 is 2. The number of rotatable bonds is 9. The molecule has 0 saturated carbocycles. The van der Waals surface area contributed by atoms with Gasteiger partial charge in [-0.3, -0.25) is 14.9 Å². The predicted octanol–water partition coefficient (Wildman–Crippen LogP) is 4.22. The molecule has 1 aromatic heterocycles. The van der Waals surface area contributed by atoms with Crippen LogP contribution in [-0.4, -0.2) is 42.0 Å². The molecule has 0 aliphatic carbocycles. The van der Waals surface area contributed by atoms with Gasteiger partial charge >= 0.3 is 0 Å². The second-order valence-electron chi connectivity index (χ2n) is 6.27. The maximum Gasteiger partial charge on any atom is 0.250 e. The van der Waals surface area contributed by atoms with Gasteiger partial charge in [-0.05, 0) is 35.9 Å². The maximum absolute atomic E-state index is 13.6. The summed E-state index contributed by atoms with van der Waals surface area (Å²) in [6.07, 6.45) is 2.94. The highest BCUT2D eigenvalue weighted by molar-refractivity contribution is 8.01. The van der Waals surface area contributed by atoms with Gasteiger partial charge in [0.25, 0.3) is 0 Å². The van der Waals surface area contributed by atoms with Crippen LogP contribution >= 0.6 is 23.1 Å². The van der Waals surface area contributed by atoms with Gasteiger partial charge in [-0.2, -0.15) is 0 Å². The Kier molecular flexibility index (Phi) is 8.33. The van der Waals surface area contributed by atoms with Crippen molar-refractivity contribution in [2.24, 2.45) is 0 Å². The number of amides is 2. The number of hydrogen-bond acceptors (Lipinski definition) is 8. The van der Waals surface area contributed by atoms with Crippen LogP contribution in [0, 0.1) is 11.6 Å². The number of thioether (sulfide) groups is 1. The first-order valence-corrected chi connectivity index (χ1v) is 11.1. The Hall–Kier alpha value is -3.51. The first kappa shape index (κ1) is 24.1. The lowest BCUT2D eigenvalue weighted by Crippen LogP contribution is -2.15. The van der Waals surface area contributed by atoms with Gasteiger partial charge in [-0.25, -0.2) is 8.78 Å². The van der Waals surface area contributed by atoms with E-state index >= 15 is 0 Å². The van der Waals surface area contributed by atoms with E-state index in [-0.39, 0.29) is 16.6 Å². The van der Waals surface area contributed by atoms with E-state index in [1.165, 1.54) is 20.3 Å². The van der Waals surface area contributed by atoms with Gasteiger partial charge in [0.1, 0.15) is 11.6 Å². The molecule has 3 rings (SSSR count). The van der Waals surface area contributed by atoms with Crippen LogP contribution in [0.3, 0.4) is 0 Å². The molecule has 0 aliphatic rings. The van der Waals surface area contributed by atoms with E-state index < -0.39 is 23.4 Å². The molecule has 0 bridgehead atoms. The Bertz CT molecular complexity index is 1190. The van der Waals surface area contributed by atoms with Crippen molar-refractivity contribution in [3.63, 3.8) is 0 Å². The van der Waals surface area contributed by atoms with Crippen LogP contribution in [-0.2, 0) is 9.59 Å². The van der Waals surface area contributed by atoms with Crippen LogP contribution in [0.2, 0.25) is 0 Å². The molecule has 2 aromatic carbocycles. The zero-order chi connectivity index (χ0) is 23.8. The average Bonchev–Trinajstić information content (AvgIpc) is 3.25. The molecule has 0 fully saturated rings. The van der Waals surface area contributed by atoms with Crippen LogP contribution in [0.4, 0.5) is 19.6 Å². The number of benzene rings is 2. The van der Waals surface area contributed by atoms with E-state index in [4.69, 9.17) is 9.47 Å². The van der Waals surface area contributed by atoms with Crippen LogP contribution in [0.25, 0.3) is 6.08 Å². The minimum atomic E-state index is -0.865.